The normalized spacial score (nSPS) is 18.9. The van der Waals surface area contributed by atoms with E-state index in [1.807, 2.05) is 0 Å². The fourth-order valence-electron chi connectivity index (χ4n) is 3.47. The van der Waals surface area contributed by atoms with E-state index in [9.17, 15) is 18.8 Å². The van der Waals surface area contributed by atoms with Crippen LogP contribution in [0.15, 0.2) is 18.2 Å². The van der Waals surface area contributed by atoms with Crippen molar-refractivity contribution in [3.63, 3.8) is 0 Å². The minimum absolute atomic E-state index is 0.0593. The van der Waals surface area contributed by atoms with E-state index in [1.165, 1.54) is 18.2 Å². The van der Waals surface area contributed by atoms with Gasteiger partial charge in [-0.15, -0.1) is 0 Å². The average molecular weight is 383 g/mol. The van der Waals surface area contributed by atoms with Gasteiger partial charge in [0.2, 0.25) is 0 Å². The van der Waals surface area contributed by atoms with E-state index in [0.717, 1.165) is 24.2 Å². The van der Waals surface area contributed by atoms with Gasteiger partial charge in [0, 0.05) is 12.1 Å². The first-order valence-corrected chi connectivity index (χ1v) is 9.03. The van der Waals surface area contributed by atoms with E-state index in [-0.39, 0.29) is 36.1 Å². The molecule has 1 aliphatic carbocycles. The van der Waals surface area contributed by atoms with Gasteiger partial charge in [0.25, 0.3) is 5.91 Å². The second-order valence-electron chi connectivity index (χ2n) is 6.64. The summed E-state index contributed by atoms with van der Waals surface area (Å²) in [6, 6.07) is 3.72. The number of esters is 1. The number of hydrogen-bond acceptors (Lipinski definition) is 4. The SMILES string of the molecule is O=C(CCN1C(=O)NC2(CCCCC2)C1=O)OCc1c(F)cccc1Cl. The van der Waals surface area contributed by atoms with Crippen molar-refractivity contribution in [1.82, 2.24) is 10.2 Å². The van der Waals surface area contributed by atoms with Crippen molar-refractivity contribution in [1.29, 1.82) is 0 Å². The van der Waals surface area contributed by atoms with Gasteiger partial charge in [0.1, 0.15) is 18.0 Å². The van der Waals surface area contributed by atoms with Gasteiger partial charge in [-0.3, -0.25) is 14.5 Å². The third-order valence-corrected chi connectivity index (χ3v) is 5.29. The Hall–Kier alpha value is -2.15. The van der Waals surface area contributed by atoms with Gasteiger partial charge in [0.15, 0.2) is 0 Å². The molecule has 3 rings (SSSR count). The maximum absolute atomic E-state index is 13.7. The fraction of sp³-hybridized carbons (Fsp3) is 0.500. The van der Waals surface area contributed by atoms with Crippen molar-refractivity contribution in [2.75, 3.05) is 6.54 Å². The number of carbonyl (C=O) groups is 3. The van der Waals surface area contributed by atoms with E-state index in [0.29, 0.717) is 12.8 Å². The molecule has 0 unspecified atom stereocenters. The highest BCUT2D eigenvalue weighted by molar-refractivity contribution is 6.31. The largest absolute Gasteiger partial charge is 0.461 e. The van der Waals surface area contributed by atoms with Crippen LogP contribution in [0.5, 0.6) is 0 Å². The summed E-state index contributed by atoms with van der Waals surface area (Å²) >= 11 is 5.88. The van der Waals surface area contributed by atoms with Crippen LogP contribution in [-0.2, 0) is 20.9 Å². The van der Waals surface area contributed by atoms with Gasteiger partial charge >= 0.3 is 12.0 Å². The van der Waals surface area contributed by atoms with E-state index >= 15 is 0 Å². The number of rotatable bonds is 5. The van der Waals surface area contributed by atoms with Crippen LogP contribution in [-0.4, -0.2) is 34.9 Å². The first-order chi connectivity index (χ1) is 12.4. The maximum Gasteiger partial charge on any atom is 0.325 e. The highest BCUT2D eigenvalue weighted by Crippen LogP contribution is 2.33. The first-order valence-electron chi connectivity index (χ1n) is 8.65. The number of carbonyl (C=O) groups excluding carboxylic acids is 3. The quantitative estimate of drug-likeness (QED) is 0.627. The lowest BCUT2D eigenvalue weighted by Crippen LogP contribution is -2.48. The summed E-state index contributed by atoms with van der Waals surface area (Å²) in [5.74, 6) is -1.46. The van der Waals surface area contributed by atoms with Gasteiger partial charge in [0.05, 0.1) is 11.4 Å². The van der Waals surface area contributed by atoms with Crippen molar-refractivity contribution in [3.05, 3.63) is 34.6 Å². The first kappa shape index (κ1) is 18.6. The lowest BCUT2D eigenvalue weighted by Gasteiger charge is -2.30. The number of urea groups is 1. The molecule has 140 valence electrons. The Bertz CT molecular complexity index is 714. The molecule has 6 nitrogen and oxygen atoms in total. The highest BCUT2D eigenvalue weighted by Gasteiger charge is 2.51. The number of hydrogen-bond donors (Lipinski definition) is 1. The Morgan fingerprint density at radius 1 is 1.27 bits per heavy atom. The third-order valence-electron chi connectivity index (χ3n) is 4.93. The Morgan fingerprint density at radius 3 is 2.69 bits per heavy atom. The van der Waals surface area contributed by atoms with Crippen LogP contribution in [0.2, 0.25) is 5.02 Å². The molecule has 26 heavy (non-hydrogen) atoms. The molecule has 1 aliphatic heterocycles. The predicted octanol–water partition coefficient (Wildman–Crippen LogP) is 3.17. The minimum atomic E-state index is -0.806. The van der Waals surface area contributed by atoms with Crippen molar-refractivity contribution in [2.24, 2.45) is 0 Å². The van der Waals surface area contributed by atoms with Crippen molar-refractivity contribution in [2.45, 2.75) is 50.7 Å². The molecular weight excluding hydrogens is 363 g/mol. The number of nitrogens with zero attached hydrogens (tertiary/aromatic N) is 1. The van der Waals surface area contributed by atoms with Crippen LogP contribution in [0, 0.1) is 5.82 Å². The molecule has 1 N–H and O–H groups in total. The molecule has 8 heteroatoms. The standard InChI is InChI=1S/C18H20ClFN2O4/c19-13-5-4-6-14(20)12(13)11-26-15(23)7-10-22-16(24)18(21-17(22)25)8-2-1-3-9-18/h4-6H,1-3,7-11H2,(H,21,25). The van der Waals surface area contributed by atoms with Gasteiger partial charge in [-0.25, -0.2) is 9.18 Å². The highest BCUT2D eigenvalue weighted by atomic mass is 35.5. The van der Waals surface area contributed by atoms with Crippen LogP contribution >= 0.6 is 11.6 Å². The molecule has 1 heterocycles. The fourth-order valence-corrected chi connectivity index (χ4v) is 3.69. The molecule has 2 aliphatic rings. The number of nitrogens with one attached hydrogen (secondary N) is 1. The average Bonchev–Trinajstić information content (AvgIpc) is 2.83. The van der Waals surface area contributed by atoms with Gasteiger partial charge in [-0.2, -0.15) is 0 Å². The summed E-state index contributed by atoms with van der Waals surface area (Å²) in [6.07, 6.45) is 3.95. The molecular formula is C18H20ClFN2O4. The minimum Gasteiger partial charge on any atom is -0.461 e. The van der Waals surface area contributed by atoms with Crippen molar-refractivity contribution in [3.8, 4) is 0 Å². The number of imide groups is 1. The molecule has 1 aromatic carbocycles. The summed E-state index contributed by atoms with van der Waals surface area (Å²) < 4.78 is 18.7. The van der Waals surface area contributed by atoms with Gasteiger partial charge < -0.3 is 10.1 Å². The summed E-state index contributed by atoms with van der Waals surface area (Å²) in [5.41, 5.74) is -0.710. The Balaban J connectivity index is 1.53. The Labute approximate surface area is 155 Å². The molecule has 2 fully saturated rings. The Kier molecular flexibility index (Phi) is 5.46. The molecule has 3 amide bonds. The number of ether oxygens (including phenoxy) is 1. The van der Waals surface area contributed by atoms with Crippen molar-refractivity contribution >= 4 is 29.5 Å². The number of halogens is 2. The second-order valence-corrected chi connectivity index (χ2v) is 7.05. The smallest absolute Gasteiger partial charge is 0.325 e. The zero-order valence-electron chi connectivity index (χ0n) is 14.2. The lowest BCUT2D eigenvalue weighted by molar-refractivity contribution is -0.145. The number of benzene rings is 1. The van der Waals surface area contributed by atoms with Crippen LogP contribution in [0.1, 0.15) is 44.1 Å². The zero-order chi connectivity index (χ0) is 18.7. The van der Waals surface area contributed by atoms with E-state index in [4.69, 9.17) is 16.3 Å². The van der Waals surface area contributed by atoms with Crippen LogP contribution in [0.4, 0.5) is 9.18 Å². The summed E-state index contributed by atoms with van der Waals surface area (Å²) in [5, 5.41) is 2.96. The molecule has 0 radical (unpaired) electrons. The summed E-state index contributed by atoms with van der Waals surface area (Å²) in [4.78, 5) is 37.7. The molecule has 1 aromatic rings. The van der Waals surface area contributed by atoms with Crippen LogP contribution in [0.25, 0.3) is 0 Å². The summed E-state index contributed by atoms with van der Waals surface area (Å²) in [6.45, 7) is -0.356. The molecule has 1 saturated carbocycles. The van der Waals surface area contributed by atoms with Gasteiger partial charge in [-0.05, 0) is 25.0 Å². The molecule has 0 atom stereocenters. The monoisotopic (exact) mass is 382 g/mol. The maximum atomic E-state index is 13.7. The molecule has 1 saturated heterocycles. The molecule has 1 spiro atoms. The van der Waals surface area contributed by atoms with Crippen molar-refractivity contribution < 1.29 is 23.5 Å². The topological polar surface area (TPSA) is 75.7 Å². The van der Waals surface area contributed by atoms with Gasteiger partial charge in [-0.1, -0.05) is 36.9 Å². The van der Waals surface area contributed by atoms with Crippen LogP contribution < -0.4 is 5.32 Å². The molecule has 0 aromatic heterocycles. The van der Waals surface area contributed by atoms with E-state index < -0.39 is 23.4 Å². The van der Waals surface area contributed by atoms with E-state index in [2.05, 4.69) is 5.32 Å². The molecule has 0 bridgehead atoms. The lowest BCUT2D eigenvalue weighted by atomic mass is 9.82. The predicted molar refractivity (Wildman–Crippen MR) is 91.9 cm³/mol. The Morgan fingerprint density at radius 2 is 2.00 bits per heavy atom. The van der Waals surface area contributed by atoms with E-state index in [1.54, 1.807) is 0 Å². The summed E-state index contributed by atoms with van der Waals surface area (Å²) in [7, 11) is 0. The van der Waals surface area contributed by atoms with Crippen LogP contribution in [0.3, 0.4) is 0 Å². The zero-order valence-corrected chi connectivity index (χ0v) is 15.0. The second kappa shape index (κ2) is 7.61. The third kappa shape index (κ3) is 3.67. The number of amides is 3.